The monoisotopic (exact) mass is 311 g/mol. The molecule has 2 rings (SSSR count). The van der Waals surface area contributed by atoms with Gasteiger partial charge in [0.25, 0.3) is 0 Å². The molecule has 1 atom stereocenters. The molecule has 1 fully saturated rings. The molecule has 1 unspecified atom stereocenters. The number of hydrogen-bond acceptors (Lipinski definition) is 3. The summed E-state index contributed by atoms with van der Waals surface area (Å²) in [6.45, 7) is 6.76. The van der Waals surface area contributed by atoms with Crippen LogP contribution >= 0.6 is 23.8 Å². The predicted molar refractivity (Wildman–Crippen MR) is 90.7 cm³/mol. The zero-order chi connectivity index (χ0) is 14.5. The molecular weight excluding hydrogens is 290 g/mol. The molecule has 3 N–H and O–H groups in total. The standard InChI is InChI=1S/C15H22ClN3S/c1-11(10-19-6-2-3-7-19)9-18-14-8-12(16)4-5-13(14)15(17)20/h4-5,8,11,18H,2-3,6-7,9-10H2,1H3,(H2,17,20). The van der Waals surface area contributed by atoms with Crippen LogP contribution in [0.5, 0.6) is 0 Å². The fraction of sp³-hybridized carbons (Fsp3) is 0.533. The van der Waals surface area contributed by atoms with Gasteiger partial charge < -0.3 is 16.0 Å². The van der Waals surface area contributed by atoms with Crippen molar-refractivity contribution in [3.63, 3.8) is 0 Å². The van der Waals surface area contributed by atoms with Gasteiger partial charge in [-0.15, -0.1) is 0 Å². The van der Waals surface area contributed by atoms with E-state index in [0.29, 0.717) is 15.9 Å². The second kappa shape index (κ2) is 7.25. The Hall–Kier alpha value is -0.840. The second-order valence-electron chi connectivity index (χ2n) is 5.55. The molecule has 1 aromatic rings. The first-order valence-electron chi connectivity index (χ1n) is 7.12. The minimum absolute atomic E-state index is 0.399. The Morgan fingerprint density at radius 2 is 2.15 bits per heavy atom. The average molecular weight is 312 g/mol. The van der Waals surface area contributed by atoms with Gasteiger partial charge in [-0.05, 0) is 50.0 Å². The Kier molecular flexibility index (Phi) is 5.64. The summed E-state index contributed by atoms with van der Waals surface area (Å²) in [5.74, 6) is 0.575. The van der Waals surface area contributed by atoms with E-state index >= 15 is 0 Å². The van der Waals surface area contributed by atoms with Gasteiger partial charge in [0, 0.05) is 29.4 Å². The van der Waals surface area contributed by atoms with Crippen LogP contribution in [-0.2, 0) is 0 Å². The smallest absolute Gasteiger partial charge is 0.106 e. The molecule has 5 heteroatoms. The highest BCUT2D eigenvalue weighted by atomic mass is 35.5. The van der Waals surface area contributed by atoms with E-state index in [4.69, 9.17) is 29.6 Å². The number of rotatable bonds is 6. The number of benzene rings is 1. The van der Waals surface area contributed by atoms with Crippen LogP contribution in [0.15, 0.2) is 18.2 Å². The predicted octanol–water partition coefficient (Wildman–Crippen LogP) is 3.12. The number of anilines is 1. The Morgan fingerprint density at radius 3 is 2.80 bits per heavy atom. The SMILES string of the molecule is CC(CNc1cc(Cl)ccc1C(N)=S)CN1CCCC1. The average Bonchev–Trinajstić information content (AvgIpc) is 2.89. The second-order valence-corrected chi connectivity index (χ2v) is 6.42. The molecule has 0 saturated carbocycles. The topological polar surface area (TPSA) is 41.3 Å². The van der Waals surface area contributed by atoms with Crippen molar-refractivity contribution in [2.75, 3.05) is 31.5 Å². The molecule has 0 spiro atoms. The summed E-state index contributed by atoms with van der Waals surface area (Å²) < 4.78 is 0. The maximum absolute atomic E-state index is 6.04. The van der Waals surface area contributed by atoms with E-state index in [9.17, 15) is 0 Å². The Morgan fingerprint density at radius 1 is 1.45 bits per heavy atom. The molecule has 0 aromatic heterocycles. The van der Waals surface area contributed by atoms with Crippen LogP contribution in [0.1, 0.15) is 25.3 Å². The van der Waals surface area contributed by atoms with Gasteiger partial charge >= 0.3 is 0 Å². The summed E-state index contributed by atoms with van der Waals surface area (Å²) in [6, 6.07) is 5.58. The molecule has 0 aliphatic carbocycles. The quantitative estimate of drug-likeness (QED) is 0.792. The zero-order valence-corrected chi connectivity index (χ0v) is 13.4. The van der Waals surface area contributed by atoms with E-state index in [1.54, 1.807) is 0 Å². The normalized spacial score (nSPS) is 17.1. The third-order valence-electron chi connectivity index (χ3n) is 3.66. The van der Waals surface area contributed by atoms with Crippen molar-refractivity contribution in [3.8, 4) is 0 Å². The lowest BCUT2D eigenvalue weighted by atomic mass is 10.1. The lowest BCUT2D eigenvalue weighted by molar-refractivity contribution is 0.294. The first kappa shape index (κ1) is 15.5. The molecule has 1 aliphatic rings. The van der Waals surface area contributed by atoms with Crippen molar-refractivity contribution in [1.29, 1.82) is 0 Å². The molecule has 0 bridgehead atoms. The van der Waals surface area contributed by atoms with Crippen LogP contribution in [0, 0.1) is 5.92 Å². The molecule has 1 aliphatic heterocycles. The van der Waals surface area contributed by atoms with Crippen LogP contribution in [0.4, 0.5) is 5.69 Å². The van der Waals surface area contributed by atoms with Gasteiger partial charge in [0.05, 0.1) is 0 Å². The van der Waals surface area contributed by atoms with Crippen molar-refractivity contribution in [2.45, 2.75) is 19.8 Å². The number of likely N-dealkylation sites (tertiary alicyclic amines) is 1. The van der Waals surface area contributed by atoms with Crippen molar-refractivity contribution >= 4 is 34.5 Å². The lowest BCUT2D eigenvalue weighted by Gasteiger charge is -2.21. The molecule has 0 radical (unpaired) electrons. The molecule has 1 aromatic carbocycles. The third kappa shape index (κ3) is 4.33. The van der Waals surface area contributed by atoms with Crippen molar-refractivity contribution in [1.82, 2.24) is 4.90 Å². The van der Waals surface area contributed by atoms with Gasteiger partial charge in [-0.25, -0.2) is 0 Å². The van der Waals surface area contributed by atoms with Crippen molar-refractivity contribution < 1.29 is 0 Å². The van der Waals surface area contributed by atoms with Crippen LogP contribution in [-0.4, -0.2) is 36.1 Å². The maximum atomic E-state index is 6.04. The van der Waals surface area contributed by atoms with Gasteiger partial charge in [0.2, 0.25) is 0 Å². The van der Waals surface area contributed by atoms with Crippen molar-refractivity contribution in [2.24, 2.45) is 11.7 Å². The minimum atomic E-state index is 0.399. The number of nitrogens with one attached hydrogen (secondary N) is 1. The molecule has 1 saturated heterocycles. The van der Waals surface area contributed by atoms with Gasteiger partial charge in [-0.3, -0.25) is 0 Å². The van der Waals surface area contributed by atoms with Gasteiger partial charge in [0.1, 0.15) is 4.99 Å². The summed E-state index contributed by atoms with van der Waals surface area (Å²) in [4.78, 5) is 2.93. The number of halogens is 1. The Labute approximate surface area is 131 Å². The first-order chi connectivity index (χ1) is 9.56. The number of thiocarbonyl (C=S) groups is 1. The Bertz CT molecular complexity index is 472. The van der Waals surface area contributed by atoms with Crippen molar-refractivity contribution in [3.05, 3.63) is 28.8 Å². The molecule has 20 heavy (non-hydrogen) atoms. The largest absolute Gasteiger partial charge is 0.389 e. The highest BCUT2D eigenvalue weighted by molar-refractivity contribution is 7.80. The highest BCUT2D eigenvalue weighted by Crippen LogP contribution is 2.21. The van der Waals surface area contributed by atoms with E-state index in [1.807, 2.05) is 18.2 Å². The van der Waals surface area contributed by atoms with E-state index in [-0.39, 0.29) is 0 Å². The number of nitrogens with zero attached hydrogens (tertiary/aromatic N) is 1. The lowest BCUT2D eigenvalue weighted by Crippen LogP contribution is -2.29. The molecule has 3 nitrogen and oxygen atoms in total. The summed E-state index contributed by atoms with van der Waals surface area (Å²) in [6.07, 6.45) is 2.67. The van der Waals surface area contributed by atoms with Crippen LogP contribution < -0.4 is 11.1 Å². The third-order valence-corrected chi connectivity index (χ3v) is 4.11. The van der Waals surface area contributed by atoms with Crippen LogP contribution in [0.3, 0.4) is 0 Å². The molecular formula is C15H22ClN3S. The summed E-state index contributed by atoms with van der Waals surface area (Å²) >= 11 is 11.1. The number of hydrogen-bond donors (Lipinski definition) is 2. The zero-order valence-electron chi connectivity index (χ0n) is 11.9. The van der Waals surface area contributed by atoms with Gasteiger partial charge in [-0.2, -0.15) is 0 Å². The summed E-state index contributed by atoms with van der Waals surface area (Å²) in [5, 5.41) is 4.12. The maximum Gasteiger partial charge on any atom is 0.106 e. The van der Waals surface area contributed by atoms with Gasteiger partial charge in [0.15, 0.2) is 0 Å². The van der Waals surface area contributed by atoms with E-state index in [1.165, 1.54) is 25.9 Å². The summed E-state index contributed by atoms with van der Waals surface area (Å²) in [7, 11) is 0. The van der Waals surface area contributed by atoms with Gasteiger partial charge in [-0.1, -0.05) is 30.7 Å². The minimum Gasteiger partial charge on any atom is -0.389 e. The Balaban J connectivity index is 1.92. The summed E-state index contributed by atoms with van der Waals surface area (Å²) in [5.41, 5.74) is 7.53. The first-order valence-corrected chi connectivity index (χ1v) is 7.90. The van der Waals surface area contributed by atoms with Crippen LogP contribution in [0.25, 0.3) is 0 Å². The molecule has 110 valence electrons. The van der Waals surface area contributed by atoms with E-state index in [2.05, 4.69) is 17.1 Å². The number of nitrogens with two attached hydrogens (primary N) is 1. The highest BCUT2D eigenvalue weighted by Gasteiger charge is 2.15. The van der Waals surface area contributed by atoms with E-state index in [0.717, 1.165) is 24.3 Å². The molecule has 0 amide bonds. The fourth-order valence-electron chi connectivity index (χ4n) is 2.63. The van der Waals surface area contributed by atoms with E-state index < -0.39 is 0 Å². The van der Waals surface area contributed by atoms with Crippen LogP contribution in [0.2, 0.25) is 5.02 Å². The molecule has 1 heterocycles. The fourth-order valence-corrected chi connectivity index (χ4v) is 2.98.